The van der Waals surface area contributed by atoms with Gasteiger partial charge in [0.1, 0.15) is 0 Å². The van der Waals surface area contributed by atoms with Crippen molar-refractivity contribution in [2.24, 2.45) is 0 Å². The second-order valence-electron chi connectivity index (χ2n) is 17.6. The van der Waals surface area contributed by atoms with E-state index in [0.29, 0.717) is 0 Å². The van der Waals surface area contributed by atoms with Crippen LogP contribution in [0, 0.1) is 0 Å². The van der Waals surface area contributed by atoms with Gasteiger partial charge in [0, 0.05) is 17.1 Å². The molecular formula is C65H43N. The Bertz CT molecular complexity index is 3580. The van der Waals surface area contributed by atoms with Gasteiger partial charge in [-0.15, -0.1) is 0 Å². The minimum atomic E-state index is -0.443. The SMILES string of the molecule is c1ccc(-c2cccc(N(c3cccc(-c4ccc(-c5ccc6ccccc6c5-c5ccccc5)cc4)c3)c3ccc4c(c3)C3(c5ccccc5-c5ccccc53)c3ccccc3-4)c2)cc1. The molecule has 1 spiro atoms. The Morgan fingerprint density at radius 3 is 1.29 bits per heavy atom. The van der Waals surface area contributed by atoms with Crippen LogP contribution < -0.4 is 4.90 Å². The maximum absolute atomic E-state index is 2.48. The minimum absolute atomic E-state index is 0.443. The van der Waals surface area contributed by atoms with Gasteiger partial charge in [-0.1, -0.05) is 224 Å². The van der Waals surface area contributed by atoms with Gasteiger partial charge in [-0.25, -0.2) is 0 Å². The van der Waals surface area contributed by atoms with Crippen LogP contribution in [0.5, 0.6) is 0 Å². The van der Waals surface area contributed by atoms with Crippen molar-refractivity contribution in [1.29, 1.82) is 0 Å². The summed E-state index contributed by atoms with van der Waals surface area (Å²) in [5.74, 6) is 0. The van der Waals surface area contributed by atoms with Crippen LogP contribution in [-0.4, -0.2) is 0 Å². The Hall–Kier alpha value is -8.52. The molecule has 0 radical (unpaired) electrons. The van der Waals surface area contributed by atoms with Crippen LogP contribution >= 0.6 is 0 Å². The smallest absolute Gasteiger partial charge is 0.0726 e. The van der Waals surface area contributed by atoms with E-state index in [9.17, 15) is 0 Å². The Balaban J connectivity index is 0.966. The summed E-state index contributed by atoms with van der Waals surface area (Å²) in [6, 6.07) is 96.2. The van der Waals surface area contributed by atoms with Crippen LogP contribution in [0.4, 0.5) is 17.1 Å². The molecule has 308 valence electrons. The number of hydrogen-bond donors (Lipinski definition) is 0. The van der Waals surface area contributed by atoms with Crippen LogP contribution in [0.2, 0.25) is 0 Å². The van der Waals surface area contributed by atoms with Crippen molar-refractivity contribution >= 4 is 27.8 Å². The first-order valence-electron chi connectivity index (χ1n) is 22.9. The molecule has 13 rings (SSSR count). The van der Waals surface area contributed by atoms with Crippen LogP contribution in [0.25, 0.3) is 77.5 Å². The topological polar surface area (TPSA) is 3.24 Å². The summed E-state index contributed by atoms with van der Waals surface area (Å²) in [5.41, 5.74) is 23.0. The Kier molecular flexibility index (Phi) is 8.82. The Labute approximate surface area is 386 Å². The van der Waals surface area contributed by atoms with Crippen molar-refractivity contribution in [3.63, 3.8) is 0 Å². The average Bonchev–Trinajstić information content (AvgIpc) is 3.86. The number of anilines is 3. The fourth-order valence-corrected chi connectivity index (χ4v) is 11.2. The van der Waals surface area contributed by atoms with E-state index in [1.807, 2.05) is 0 Å². The van der Waals surface area contributed by atoms with Crippen LogP contribution in [0.1, 0.15) is 22.3 Å². The fraction of sp³-hybridized carbons (Fsp3) is 0.0154. The summed E-state index contributed by atoms with van der Waals surface area (Å²) >= 11 is 0. The van der Waals surface area contributed by atoms with Gasteiger partial charge < -0.3 is 4.90 Å². The molecular weight excluding hydrogens is 795 g/mol. The van der Waals surface area contributed by atoms with Gasteiger partial charge in [0.15, 0.2) is 0 Å². The molecule has 0 bridgehead atoms. The van der Waals surface area contributed by atoms with Gasteiger partial charge in [0.25, 0.3) is 0 Å². The van der Waals surface area contributed by atoms with Gasteiger partial charge in [-0.3, -0.25) is 0 Å². The molecule has 11 aromatic carbocycles. The van der Waals surface area contributed by atoms with E-state index in [1.165, 1.54) is 94.2 Å². The number of benzene rings is 11. The summed E-state index contributed by atoms with van der Waals surface area (Å²) in [7, 11) is 0. The molecule has 0 unspecified atom stereocenters. The lowest BCUT2D eigenvalue weighted by Gasteiger charge is -2.32. The number of nitrogens with zero attached hydrogens (tertiary/aromatic N) is 1. The molecule has 66 heavy (non-hydrogen) atoms. The maximum atomic E-state index is 2.48. The van der Waals surface area contributed by atoms with Crippen molar-refractivity contribution in [2.75, 3.05) is 4.90 Å². The Morgan fingerprint density at radius 1 is 0.242 bits per heavy atom. The predicted octanol–water partition coefficient (Wildman–Crippen LogP) is 17.3. The van der Waals surface area contributed by atoms with E-state index >= 15 is 0 Å². The van der Waals surface area contributed by atoms with Crippen molar-refractivity contribution in [2.45, 2.75) is 5.41 Å². The van der Waals surface area contributed by atoms with Crippen LogP contribution in [-0.2, 0) is 5.41 Å². The lowest BCUT2D eigenvalue weighted by molar-refractivity contribution is 0.793. The van der Waals surface area contributed by atoms with Crippen molar-refractivity contribution in [3.8, 4) is 66.8 Å². The standard InChI is InChI=1S/C65H43N/c1-3-17-44(18-4-1)49-22-15-24-51(41-49)66(53-38-40-59-58-29-11-14-32-62(58)65(63(59)43-53)60-30-12-9-27-56(60)57-28-10-13-31-61(57)65)52-25-16-23-50(42-52)45-33-35-47(36-34-45)55-39-37-46-19-7-8-26-54(46)64(55)48-20-5-2-6-21-48/h1-43H. The summed E-state index contributed by atoms with van der Waals surface area (Å²) in [6.45, 7) is 0. The number of fused-ring (bicyclic) bond motifs is 11. The molecule has 0 N–H and O–H groups in total. The minimum Gasteiger partial charge on any atom is -0.310 e. The molecule has 0 saturated carbocycles. The third kappa shape index (κ3) is 5.87. The molecule has 0 heterocycles. The molecule has 0 aromatic heterocycles. The molecule has 2 aliphatic rings. The third-order valence-electron chi connectivity index (χ3n) is 14.1. The van der Waals surface area contributed by atoms with Crippen LogP contribution in [0.15, 0.2) is 261 Å². The quantitative estimate of drug-likeness (QED) is 0.155. The second-order valence-corrected chi connectivity index (χ2v) is 17.6. The summed E-state index contributed by atoms with van der Waals surface area (Å²) in [5, 5.41) is 2.51. The predicted molar refractivity (Wildman–Crippen MR) is 277 cm³/mol. The highest BCUT2D eigenvalue weighted by Gasteiger charge is 2.51. The van der Waals surface area contributed by atoms with Gasteiger partial charge in [-0.05, 0) is 136 Å². The Morgan fingerprint density at radius 2 is 0.682 bits per heavy atom. The molecule has 0 atom stereocenters. The van der Waals surface area contributed by atoms with E-state index in [-0.39, 0.29) is 0 Å². The molecule has 0 amide bonds. The molecule has 0 aliphatic heterocycles. The van der Waals surface area contributed by atoms with Crippen molar-refractivity contribution < 1.29 is 0 Å². The number of hydrogen-bond acceptors (Lipinski definition) is 1. The first-order valence-corrected chi connectivity index (χ1v) is 22.9. The zero-order valence-corrected chi connectivity index (χ0v) is 36.3. The first kappa shape index (κ1) is 38.0. The molecule has 1 nitrogen and oxygen atoms in total. The normalized spacial score (nSPS) is 12.7. The molecule has 0 saturated heterocycles. The maximum Gasteiger partial charge on any atom is 0.0726 e. The zero-order chi connectivity index (χ0) is 43.6. The van der Waals surface area contributed by atoms with Gasteiger partial charge in [0.2, 0.25) is 0 Å². The third-order valence-corrected chi connectivity index (χ3v) is 14.1. The lowest BCUT2D eigenvalue weighted by atomic mass is 9.70. The first-order chi connectivity index (χ1) is 32.7. The molecule has 11 aromatic rings. The average molecular weight is 838 g/mol. The highest BCUT2D eigenvalue weighted by molar-refractivity contribution is 6.04. The molecule has 0 fully saturated rings. The highest BCUT2D eigenvalue weighted by atomic mass is 15.1. The summed E-state index contributed by atoms with van der Waals surface area (Å²) in [4.78, 5) is 2.45. The van der Waals surface area contributed by atoms with Gasteiger partial charge in [-0.2, -0.15) is 0 Å². The largest absolute Gasteiger partial charge is 0.310 e. The van der Waals surface area contributed by atoms with E-state index in [2.05, 4.69) is 266 Å². The monoisotopic (exact) mass is 837 g/mol. The van der Waals surface area contributed by atoms with E-state index < -0.39 is 5.41 Å². The van der Waals surface area contributed by atoms with E-state index in [0.717, 1.165) is 22.6 Å². The van der Waals surface area contributed by atoms with Crippen molar-refractivity contribution in [3.05, 3.63) is 283 Å². The summed E-state index contributed by atoms with van der Waals surface area (Å²) in [6.07, 6.45) is 0. The lowest BCUT2D eigenvalue weighted by Crippen LogP contribution is -2.26. The fourth-order valence-electron chi connectivity index (χ4n) is 11.2. The summed E-state index contributed by atoms with van der Waals surface area (Å²) < 4.78 is 0. The zero-order valence-electron chi connectivity index (χ0n) is 36.3. The highest BCUT2D eigenvalue weighted by Crippen LogP contribution is 2.63. The van der Waals surface area contributed by atoms with Crippen molar-refractivity contribution in [1.82, 2.24) is 0 Å². The molecule has 2 aliphatic carbocycles. The van der Waals surface area contributed by atoms with E-state index in [1.54, 1.807) is 0 Å². The second kappa shape index (κ2) is 15.3. The van der Waals surface area contributed by atoms with E-state index in [4.69, 9.17) is 0 Å². The van der Waals surface area contributed by atoms with Gasteiger partial charge in [0.05, 0.1) is 5.41 Å². The van der Waals surface area contributed by atoms with Gasteiger partial charge >= 0.3 is 0 Å². The number of rotatable bonds is 7. The molecule has 1 heteroatoms. The van der Waals surface area contributed by atoms with Crippen LogP contribution in [0.3, 0.4) is 0 Å².